The average molecular weight is 558 g/mol. The molecule has 3 aromatic rings. The van der Waals surface area contributed by atoms with Crippen LogP contribution in [0.2, 0.25) is 0 Å². The lowest BCUT2D eigenvalue weighted by atomic mass is 9.98. The number of urea groups is 1. The number of benzene rings is 3. The fourth-order valence-electron chi connectivity index (χ4n) is 5.32. The highest BCUT2D eigenvalue weighted by Gasteiger charge is 2.25. The Labute approximate surface area is 241 Å². The van der Waals surface area contributed by atoms with E-state index in [9.17, 15) is 14.4 Å². The van der Waals surface area contributed by atoms with Gasteiger partial charge in [-0.25, -0.2) is 9.59 Å². The summed E-state index contributed by atoms with van der Waals surface area (Å²) >= 11 is 0. The molecule has 0 bridgehead atoms. The maximum Gasteiger partial charge on any atom is 0.328 e. The number of hydrogen-bond donors (Lipinski definition) is 3. The van der Waals surface area contributed by atoms with E-state index in [1.54, 1.807) is 32.2 Å². The van der Waals surface area contributed by atoms with E-state index in [0.29, 0.717) is 17.1 Å². The van der Waals surface area contributed by atoms with Crippen molar-refractivity contribution >= 4 is 29.3 Å². The number of carbonyl (C=O) groups excluding carboxylic acids is 3. The first-order valence-corrected chi connectivity index (χ1v) is 14.1. The van der Waals surface area contributed by atoms with E-state index in [2.05, 4.69) is 16.0 Å². The van der Waals surface area contributed by atoms with Gasteiger partial charge in [-0.3, -0.25) is 4.79 Å². The number of rotatable bonds is 8. The number of ether oxygens (including phenoxy) is 2. The van der Waals surface area contributed by atoms with Crippen molar-refractivity contribution in [2.75, 3.05) is 17.7 Å². The van der Waals surface area contributed by atoms with Crippen LogP contribution in [-0.4, -0.2) is 37.2 Å². The van der Waals surface area contributed by atoms with Gasteiger partial charge >= 0.3 is 12.0 Å². The van der Waals surface area contributed by atoms with E-state index in [1.165, 1.54) is 0 Å². The number of para-hydroxylation sites is 1. The Morgan fingerprint density at radius 2 is 1.56 bits per heavy atom. The van der Waals surface area contributed by atoms with Gasteiger partial charge in [-0.05, 0) is 88.3 Å². The molecule has 8 heteroatoms. The Kier molecular flexibility index (Phi) is 9.65. The van der Waals surface area contributed by atoms with Crippen LogP contribution in [0, 0.1) is 20.8 Å². The smallest absolute Gasteiger partial charge is 0.328 e. The van der Waals surface area contributed by atoms with Crippen molar-refractivity contribution in [3.8, 4) is 16.9 Å². The fraction of sp³-hybridized carbons (Fsp3) is 0.364. The molecule has 3 amide bonds. The number of nitrogens with one attached hydrogen (secondary N) is 3. The molecule has 1 aliphatic rings. The Hall–Kier alpha value is -4.33. The summed E-state index contributed by atoms with van der Waals surface area (Å²) in [6, 6.07) is 15.3. The Balaban J connectivity index is 1.59. The third kappa shape index (κ3) is 7.45. The minimum absolute atomic E-state index is 0.106. The van der Waals surface area contributed by atoms with E-state index < -0.39 is 23.9 Å². The predicted molar refractivity (Wildman–Crippen MR) is 162 cm³/mol. The van der Waals surface area contributed by atoms with Gasteiger partial charge in [-0.2, -0.15) is 0 Å². The lowest BCUT2D eigenvalue weighted by Crippen LogP contribution is -2.41. The summed E-state index contributed by atoms with van der Waals surface area (Å²) in [5.74, 6) is -0.304. The highest BCUT2D eigenvalue weighted by Crippen LogP contribution is 2.33. The van der Waals surface area contributed by atoms with E-state index in [4.69, 9.17) is 9.47 Å². The summed E-state index contributed by atoms with van der Waals surface area (Å²) < 4.78 is 11.2. The summed E-state index contributed by atoms with van der Waals surface area (Å²) in [6.07, 6.45) is 4.81. The molecule has 41 heavy (non-hydrogen) atoms. The second-order valence-corrected chi connectivity index (χ2v) is 10.7. The van der Waals surface area contributed by atoms with Gasteiger partial charge in [0.15, 0.2) is 0 Å². The Morgan fingerprint density at radius 3 is 2.24 bits per heavy atom. The van der Waals surface area contributed by atoms with Gasteiger partial charge in [-0.15, -0.1) is 0 Å². The van der Waals surface area contributed by atoms with Crippen LogP contribution in [0.4, 0.5) is 16.2 Å². The number of methoxy groups -OCH3 is 1. The number of carbonyl (C=O) groups is 3. The Bertz CT molecular complexity index is 1410. The zero-order valence-electron chi connectivity index (χ0n) is 24.4. The van der Waals surface area contributed by atoms with Crippen molar-refractivity contribution < 1.29 is 23.9 Å². The predicted octanol–water partition coefficient (Wildman–Crippen LogP) is 6.93. The summed E-state index contributed by atoms with van der Waals surface area (Å²) in [5.41, 5.74) is 5.74. The second kappa shape index (κ2) is 13.4. The van der Waals surface area contributed by atoms with Gasteiger partial charge in [0.25, 0.3) is 5.91 Å². The first-order chi connectivity index (χ1) is 19.7. The van der Waals surface area contributed by atoms with E-state index in [0.717, 1.165) is 59.9 Å². The molecule has 0 radical (unpaired) electrons. The molecule has 0 saturated heterocycles. The molecule has 0 aromatic heterocycles. The second-order valence-electron chi connectivity index (χ2n) is 10.7. The number of esters is 1. The number of anilines is 2. The van der Waals surface area contributed by atoms with Gasteiger partial charge in [-0.1, -0.05) is 48.4 Å². The van der Waals surface area contributed by atoms with Crippen molar-refractivity contribution in [2.24, 2.45) is 0 Å². The zero-order chi connectivity index (χ0) is 29.5. The minimum atomic E-state index is -0.849. The van der Waals surface area contributed by atoms with E-state index >= 15 is 0 Å². The lowest BCUT2D eigenvalue weighted by molar-refractivity contribution is -0.152. The highest BCUT2D eigenvalue weighted by molar-refractivity contribution is 6.08. The normalized spacial score (nSPS) is 14.1. The van der Waals surface area contributed by atoms with Crippen LogP contribution in [0.25, 0.3) is 11.1 Å². The monoisotopic (exact) mass is 557 g/mol. The third-order valence-electron chi connectivity index (χ3n) is 7.38. The van der Waals surface area contributed by atoms with Gasteiger partial charge in [0, 0.05) is 11.3 Å². The number of amides is 3. The summed E-state index contributed by atoms with van der Waals surface area (Å²) in [6.45, 7) is 7.48. The van der Waals surface area contributed by atoms with Gasteiger partial charge in [0.05, 0.1) is 18.4 Å². The zero-order valence-corrected chi connectivity index (χ0v) is 24.4. The van der Waals surface area contributed by atoms with E-state index in [1.807, 2.05) is 57.2 Å². The molecule has 4 rings (SSSR count). The quantitative estimate of drug-likeness (QED) is 0.261. The molecule has 0 unspecified atom stereocenters. The maximum atomic E-state index is 13.4. The first-order valence-electron chi connectivity index (χ1n) is 14.1. The number of hydrogen-bond acceptors (Lipinski definition) is 5. The summed E-state index contributed by atoms with van der Waals surface area (Å²) in [5, 5.41) is 8.53. The molecule has 3 aromatic carbocycles. The van der Waals surface area contributed by atoms with Crippen LogP contribution < -0.4 is 20.7 Å². The van der Waals surface area contributed by atoms with Gasteiger partial charge < -0.3 is 25.4 Å². The van der Waals surface area contributed by atoms with Crippen LogP contribution >= 0.6 is 0 Å². The molecule has 216 valence electrons. The van der Waals surface area contributed by atoms with Crippen LogP contribution in [-0.2, 0) is 9.53 Å². The molecule has 1 saturated carbocycles. The summed E-state index contributed by atoms with van der Waals surface area (Å²) in [4.78, 5) is 39.3. The molecule has 0 heterocycles. The number of aryl methyl sites for hydroxylation is 3. The molecular formula is C33H39N3O5. The fourth-order valence-corrected chi connectivity index (χ4v) is 5.32. The lowest BCUT2D eigenvalue weighted by Gasteiger charge is -2.24. The molecule has 8 nitrogen and oxygen atoms in total. The van der Waals surface area contributed by atoms with Crippen molar-refractivity contribution in [1.29, 1.82) is 0 Å². The topological polar surface area (TPSA) is 106 Å². The third-order valence-corrected chi connectivity index (χ3v) is 7.38. The van der Waals surface area contributed by atoms with Crippen molar-refractivity contribution in [2.45, 2.75) is 71.9 Å². The van der Waals surface area contributed by atoms with Gasteiger partial charge in [0.2, 0.25) is 0 Å². The minimum Gasteiger partial charge on any atom is -0.496 e. The van der Waals surface area contributed by atoms with Crippen molar-refractivity contribution in [1.82, 2.24) is 5.32 Å². The average Bonchev–Trinajstić information content (AvgIpc) is 2.95. The van der Waals surface area contributed by atoms with Crippen LogP contribution in [0.15, 0.2) is 54.6 Å². The summed E-state index contributed by atoms with van der Waals surface area (Å²) in [7, 11) is 1.59. The largest absolute Gasteiger partial charge is 0.496 e. The molecule has 0 spiro atoms. The van der Waals surface area contributed by atoms with E-state index in [-0.39, 0.29) is 11.7 Å². The first kappa shape index (κ1) is 29.6. The molecule has 1 fully saturated rings. The molecular weight excluding hydrogens is 518 g/mol. The van der Waals surface area contributed by atoms with Crippen molar-refractivity contribution in [3.63, 3.8) is 0 Å². The van der Waals surface area contributed by atoms with Crippen molar-refractivity contribution in [3.05, 3.63) is 76.9 Å². The van der Waals surface area contributed by atoms with Crippen LogP contribution in [0.1, 0.15) is 66.1 Å². The highest BCUT2D eigenvalue weighted by atomic mass is 16.5. The SMILES string of the molecule is COc1ccccc1-c1ccc(C(=O)N[C@@H](C)C(=O)OC2CCCCC2)c(NC(=O)Nc2c(C)cc(C)cc2C)c1. The molecule has 1 atom stereocenters. The standard InChI is InChI=1S/C33H39N3O5/c1-20-17-21(2)30(22(3)18-20)36-33(39)35-28-19-24(26-13-9-10-14-29(26)40-5)15-16-27(28)31(37)34-23(4)32(38)41-25-11-7-6-8-12-25/h9-10,13-19,23,25H,6-8,11-12H2,1-5H3,(H,34,37)(H2,35,36,39)/t23-/m0/s1. The van der Waals surface area contributed by atoms with Crippen LogP contribution in [0.5, 0.6) is 5.75 Å². The maximum absolute atomic E-state index is 13.4. The van der Waals surface area contributed by atoms with Crippen LogP contribution in [0.3, 0.4) is 0 Å². The van der Waals surface area contributed by atoms with Gasteiger partial charge in [0.1, 0.15) is 17.9 Å². The molecule has 3 N–H and O–H groups in total. The molecule has 1 aliphatic carbocycles. The Morgan fingerprint density at radius 1 is 0.878 bits per heavy atom. The molecule has 0 aliphatic heterocycles.